The van der Waals surface area contributed by atoms with Crippen molar-refractivity contribution in [2.45, 2.75) is 32.6 Å². The summed E-state index contributed by atoms with van der Waals surface area (Å²) in [5.74, 6) is 2.37. The summed E-state index contributed by atoms with van der Waals surface area (Å²) in [5.41, 5.74) is 2.24. The molecule has 2 N–H and O–H groups in total. The molecule has 3 rings (SSSR count). The first kappa shape index (κ1) is 19.8. The predicted octanol–water partition coefficient (Wildman–Crippen LogP) is 2.34. The number of amidine groups is 1. The first-order chi connectivity index (χ1) is 13.0. The molecule has 1 saturated heterocycles. The van der Waals surface area contributed by atoms with Crippen LogP contribution in [0.2, 0.25) is 0 Å². The molecular weight excluding hydrogens is 340 g/mol. The van der Waals surface area contributed by atoms with Crippen molar-refractivity contribution in [3.05, 3.63) is 33.8 Å². The van der Waals surface area contributed by atoms with Crippen molar-refractivity contribution in [3.8, 4) is 0 Å². The van der Waals surface area contributed by atoms with Gasteiger partial charge in [0, 0.05) is 26.2 Å². The molecule has 0 aromatic carbocycles. The zero-order valence-electron chi connectivity index (χ0n) is 16.7. The first-order valence-electron chi connectivity index (χ1n) is 9.94. The molecule has 148 valence electrons. The van der Waals surface area contributed by atoms with Crippen molar-refractivity contribution in [1.29, 1.82) is 0 Å². The van der Waals surface area contributed by atoms with Crippen LogP contribution >= 0.6 is 0 Å². The minimum absolute atomic E-state index is 0.0106. The molecule has 1 aromatic rings. The van der Waals surface area contributed by atoms with Crippen LogP contribution in [0.25, 0.3) is 6.08 Å². The van der Waals surface area contributed by atoms with Crippen molar-refractivity contribution in [3.63, 3.8) is 0 Å². The summed E-state index contributed by atoms with van der Waals surface area (Å²) in [6.45, 7) is 5.13. The second-order valence-electron chi connectivity index (χ2n) is 8.10. The Kier molecular flexibility index (Phi) is 6.50. The van der Waals surface area contributed by atoms with Gasteiger partial charge in [-0.15, -0.1) is 0 Å². The molecule has 0 aliphatic carbocycles. The number of likely N-dealkylation sites (tertiary alicyclic amines) is 1. The number of aliphatic hydroxyl groups is 1. The normalized spacial score (nSPS) is 22.6. The number of hydrogen-bond donors (Lipinski definition) is 2. The Balaban J connectivity index is 1.68. The number of aromatic nitrogens is 1. The van der Waals surface area contributed by atoms with Gasteiger partial charge in [0.15, 0.2) is 0 Å². The Bertz CT molecular complexity index is 773. The van der Waals surface area contributed by atoms with Crippen LogP contribution in [0, 0.1) is 11.8 Å². The van der Waals surface area contributed by atoms with Gasteiger partial charge in [0.2, 0.25) is 0 Å². The van der Waals surface area contributed by atoms with Gasteiger partial charge in [0.1, 0.15) is 11.5 Å². The minimum atomic E-state index is -0.0612. The number of aliphatic imine (C=N–C) groups is 1. The Morgan fingerprint density at radius 1 is 1.30 bits per heavy atom. The van der Waals surface area contributed by atoms with E-state index in [4.69, 9.17) is 4.99 Å². The molecule has 27 heavy (non-hydrogen) atoms. The molecule has 0 amide bonds. The lowest BCUT2D eigenvalue weighted by Crippen LogP contribution is -2.36. The van der Waals surface area contributed by atoms with Gasteiger partial charge < -0.3 is 19.9 Å². The summed E-state index contributed by atoms with van der Waals surface area (Å²) in [6.07, 6.45) is 8.27. The van der Waals surface area contributed by atoms with E-state index in [9.17, 15) is 9.90 Å². The molecule has 0 saturated carbocycles. The van der Waals surface area contributed by atoms with Gasteiger partial charge in [-0.1, -0.05) is 6.08 Å². The van der Waals surface area contributed by atoms with Gasteiger partial charge in [0.05, 0.1) is 6.61 Å². The lowest BCUT2D eigenvalue weighted by atomic mass is 9.80. The Morgan fingerprint density at radius 2 is 2.04 bits per heavy atom. The number of anilines is 1. The zero-order chi connectivity index (χ0) is 19.4. The maximum Gasteiger partial charge on any atom is 0.274 e. The fourth-order valence-electron chi connectivity index (χ4n) is 4.10. The van der Waals surface area contributed by atoms with Crippen LogP contribution in [0.3, 0.4) is 0 Å². The largest absolute Gasteiger partial charge is 0.392 e. The van der Waals surface area contributed by atoms with Crippen LogP contribution in [-0.2, 0) is 7.05 Å². The highest BCUT2D eigenvalue weighted by Gasteiger charge is 2.27. The Hall–Kier alpha value is -1.92. The monoisotopic (exact) mass is 372 g/mol. The molecule has 0 radical (unpaired) electrons. The maximum absolute atomic E-state index is 12.5. The first-order valence-corrected chi connectivity index (χ1v) is 9.94. The van der Waals surface area contributed by atoms with Crippen LogP contribution in [0.4, 0.5) is 5.69 Å². The summed E-state index contributed by atoms with van der Waals surface area (Å²) >= 11 is 0. The summed E-state index contributed by atoms with van der Waals surface area (Å²) in [5, 5.41) is 12.5. The van der Waals surface area contributed by atoms with Crippen molar-refractivity contribution in [2.24, 2.45) is 23.9 Å². The Labute approximate surface area is 161 Å². The van der Waals surface area contributed by atoms with E-state index < -0.39 is 0 Å². The molecule has 1 unspecified atom stereocenters. The number of pyridine rings is 1. The summed E-state index contributed by atoms with van der Waals surface area (Å²) in [4.78, 5) is 19.6. The fourth-order valence-corrected chi connectivity index (χ4v) is 4.10. The average molecular weight is 373 g/mol. The van der Waals surface area contributed by atoms with Crippen molar-refractivity contribution in [1.82, 2.24) is 9.47 Å². The third-order valence-corrected chi connectivity index (χ3v) is 5.84. The van der Waals surface area contributed by atoms with Crippen LogP contribution in [-0.4, -0.2) is 53.7 Å². The minimum Gasteiger partial charge on any atom is -0.392 e. The van der Waals surface area contributed by atoms with Gasteiger partial charge in [-0.05, 0) is 75.4 Å². The van der Waals surface area contributed by atoms with E-state index in [1.54, 1.807) is 17.8 Å². The molecular formula is C21H32N4O2. The van der Waals surface area contributed by atoms with E-state index in [-0.39, 0.29) is 12.2 Å². The van der Waals surface area contributed by atoms with Gasteiger partial charge in [-0.2, -0.15) is 0 Å². The van der Waals surface area contributed by atoms with E-state index in [1.165, 1.54) is 25.9 Å². The highest BCUT2D eigenvalue weighted by molar-refractivity contribution is 5.95. The van der Waals surface area contributed by atoms with Crippen molar-refractivity contribution < 1.29 is 5.11 Å². The molecule has 1 atom stereocenters. The third kappa shape index (κ3) is 5.08. The van der Waals surface area contributed by atoms with E-state index in [0.29, 0.717) is 11.6 Å². The number of piperidine rings is 1. The lowest BCUT2D eigenvalue weighted by Gasteiger charge is -2.35. The molecule has 0 bridgehead atoms. The number of aryl methyl sites for hydroxylation is 1. The van der Waals surface area contributed by atoms with Gasteiger partial charge in [-0.25, -0.2) is 0 Å². The molecule has 0 spiro atoms. The number of nitrogens with one attached hydrogen (secondary N) is 1. The van der Waals surface area contributed by atoms with E-state index in [2.05, 4.69) is 17.3 Å². The average Bonchev–Trinajstić information content (AvgIpc) is 2.67. The topological polar surface area (TPSA) is 69.9 Å². The standard InChI is InChI=1S/C21H32N4O2/c1-15(14-26)10-16-11-19(21(27)25(3)13-16)23-20-5-4-18(12-22-20)17-6-8-24(2)9-7-17/h10-11,13,17-18,26H,4-9,12,14H2,1-3H3,(H,22,23). The SMILES string of the molecule is CC(=Cc1cc(NC2=NCC(C3CCN(C)CC3)CC2)c(=O)n(C)c1)CO. The highest BCUT2D eigenvalue weighted by Crippen LogP contribution is 2.30. The van der Waals surface area contributed by atoms with Gasteiger partial charge in [-0.3, -0.25) is 9.79 Å². The molecule has 2 aliphatic heterocycles. The maximum atomic E-state index is 12.5. The number of aliphatic hydroxyl groups excluding tert-OH is 1. The molecule has 6 nitrogen and oxygen atoms in total. The second kappa shape index (κ2) is 8.85. The molecule has 6 heteroatoms. The van der Waals surface area contributed by atoms with Crippen molar-refractivity contribution >= 4 is 17.6 Å². The number of rotatable bonds is 4. The molecule has 1 aromatic heterocycles. The summed E-state index contributed by atoms with van der Waals surface area (Å²) in [6, 6.07) is 1.84. The Morgan fingerprint density at radius 3 is 2.67 bits per heavy atom. The zero-order valence-corrected chi connectivity index (χ0v) is 16.7. The lowest BCUT2D eigenvalue weighted by molar-refractivity contribution is 0.167. The van der Waals surface area contributed by atoms with Crippen LogP contribution in [0.15, 0.2) is 27.6 Å². The summed E-state index contributed by atoms with van der Waals surface area (Å²) < 4.78 is 1.57. The van der Waals surface area contributed by atoms with E-state index in [0.717, 1.165) is 42.3 Å². The molecule has 2 aliphatic rings. The third-order valence-electron chi connectivity index (χ3n) is 5.84. The smallest absolute Gasteiger partial charge is 0.274 e. The van der Waals surface area contributed by atoms with E-state index >= 15 is 0 Å². The predicted molar refractivity (Wildman–Crippen MR) is 111 cm³/mol. The quantitative estimate of drug-likeness (QED) is 0.851. The number of hydrogen-bond acceptors (Lipinski definition) is 5. The van der Waals surface area contributed by atoms with Crippen molar-refractivity contribution in [2.75, 3.05) is 38.6 Å². The fraction of sp³-hybridized carbons (Fsp3) is 0.619. The second-order valence-corrected chi connectivity index (χ2v) is 8.10. The molecule has 3 heterocycles. The van der Waals surface area contributed by atoms with Crippen LogP contribution < -0.4 is 10.9 Å². The highest BCUT2D eigenvalue weighted by atomic mass is 16.3. The van der Waals surface area contributed by atoms with Crippen LogP contribution in [0.5, 0.6) is 0 Å². The van der Waals surface area contributed by atoms with Gasteiger partial charge >= 0.3 is 0 Å². The molecule has 1 fully saturated rings. The van der Waals surface area contributed by atoms with Gasteiger partial charge in [0.25, 0.3) is 5.56 Å². The van der Waals surface area contributed by atoms with E-state index in [1.807, 2.05) is 19.1 Å². The summed E-state index contributed by atoms with van der Waals surface area (Å²) in [7, 11) is 3.95. The van der Waals surface area contributed by atoms with Crippen LogP contribution in [0.1, 0.15) is 38.2 Å². The number of nitrogens with zero attached hydrogens (tertiary/aromatic N) is 3.